The lowest BCUT2D eigenvalue weighted by Crippen LogP contribution is -2.33. The predicted molar refractivity (Wildman–Crippen MR) is 178 cm³/mol. The number of amides is 1. The van der Waals surface area contributed by atoms with E-state index in [-0.39, 0.29) is 18.3 Å². The number of nitrogens with one attached hydrogen (secondary N) is 1. The Morgan fingerprint density at radius 3 is 2.27 bits per heavy atom. The Hall–Kier alpha value is -5.69. The first kappa shape index (κ1) is 30.8. The summed E-state index contributed by atoms with van der Waals surface area (Å²) in [5.74, 6) is -0.168. The normalized spacial score (nSPS) is 11.3. The van der Waals surface area contributed by atoms with Crippen molar-refractivity contribution in [1.82, 2.24) is 0 Å². The number of fused-ring (bicyclic) bond motifs is 1. The Labute approximate surface area is 262 Å². The second-order valence-electron chi connectivity index (χ2n) is 10.3. The van der Waals surface area contributed by atoms with Crippen molar-refractivity contribution < 1.29 is 23.9 Å². The molecule has 5 aromatic carbocycles. The number of ketones is 1. The van der Waals surface area contributed by atoms with E-state index in [0.29, 0.717) is 35.5 Å². The highest BCUT2D eigenvalue weighted by atomic mass is 16.5. The molecule has 1 atom stereocenters. The lowest BCUT2D eigenvalue weighted by molar-refractivity contribution is -0.141. The Bertz CT molecular complexity index is 1800. The Kier molecular flexibility index (Phi) is 10.0. The molecule has 226 valence electrons. The molecule has 45 heavy (non-hydrogen) atoms. The second-order valence-corrected chi connectivity index (χ2v) is 10.3. The maximum absolute atomic E-state index is 13.2. The highest BCUT2D eigenvalue weighted by Crippen LogP contribution is 2.27. The third-order valence-corrected chi connectivity index (χ3v) is 7.47. The number of benzene rings is 5. The summed E-state index contributed by atoms with van der Waals surface area (Å²) in [6.07, 6.45) is 1.63. The quantitative estimate of drug-likeness (QED) is 0.0905. The van der Waals surface area contributed by atoms with Gasteiger partial charge in [-0.05, 0) is 47.4 Å². The molecule has 0 radical (unpaired) electrons. The minimum Gasteiger partial charge on any atom is -0.492 e. The van der Waals surface area contributed by atoms with E-state index in [2.05, 4.69) is 11.9 Å². The first-order valence-corrected chi connectivity index (χ1v) is 14.6. The van der Waals surface area contributed by atoms with Gasteiger partial charge in [0.15, 0.2) is 5.78 Å². The number of para-hydroxylation sites is 1. The van der Waals surface area contributed by atoms with Crippen LogP contribution in [0.25, 0.3) is 10.8 Å². The van der Waals surface area contributed by atoms with Gasteiger partial charge in [-0.25, -0.2) is 4.79 Å². The van der Waals surface area contributed by atoms with E-state index in [1.54, 1.807) is 35.2 Å². The number of nitrogens with zero attached hydrogens (tertiary/aromatic N) is 1. The molecule has 5 aromatic rings. The molecule has 0 saturated heterocycles. The Morgan fingerprint density at radius 1 is 0.822 bits per heavy atom. The number of carbonyl (C=O) groups is 3. The summed E-state index contributed by atoms with van der Waals surface area (Å²) in [6, 6.07) is 36.6. The highest BCUT2D eigenvalue weighted by Gasteiger charge is 2.23. The van der Waals surface area contributed by atoms with Crippen LogP contribution in [-0.2, 0) is 20.7 Å². The molecule has 7 nitrogen and oxygen atoms in total. The van der Waals surface area contributed by atoms with Crippen LogP contribution in [-0.4, -0.2) is 44.0 Å². The number of hydrogen-bond donors (Lipinski definition) is 1. The van der Waals surface area contributed by atoms with E-state index in [4.69, 9.17) is 9.47 Å². The van der Waals surface area contributed by atoms with Gasteiger partial charge < -0.3 is 19.7 Å². The van der Waals surface area contributed by atoms with Crippen LogP contribution in [0, 0.1) is 0 Å². The van der Waals surface area contributed by atoms with Crippen molar-refractivity contribution in [2.75, 3.05) is 30.5 Å². The number of anilines is 2. The summed E-state index contributed by atoms with van der Waals surface area (Å²) in [6.45, 7) is 4.27. The number of carbonyl (C=O) groups excluding carboxylic acids is 3. The monoisotopic (exact) mass is 598 g/mol. The minimum absolute atomic E-state index is 0.141. The molecule has 0 saturated carbocycles. The first-order valence-electron chi connectivity index (χ1n) is 14.6. The molecular formula is C38H34N2O5. The largest absolute Gasteiger partial charge is 0.492 e. The van der Waals surface area contributed by atoms with Gasteiger partial charge in [-0.3, -0.25) is 9.59 Å². The molecule has 7 heteroatoms. The smallest absolute Gasteiger partial charge is 0.328 e. The standard InChI is InChI=1S/C38H34N2O5/c1-3-36(41)40(35-19-11-15-28-12-7-8-16-31(28)35)24-25-45-30-22-20-27(21-23-30)26-34(38(43)44-2)39-33-18-10-9-17-32(33)37(42)29-13-5-4-6-14-29/h3-23,34,39H,1,24-26H2,2H3. The molecule has 0 aliphatic heterocycles. The van der Waals surface area contributed by atoms with Crippen LogP contribution in [0.1, 0.15) is 21.5 Å². The molecule has 0 aliphatic carbocycles. The van der Waals surface area contributed by atoms with Crippen molar-refractivity contribution in [1.29, 1.82) is 0 Å². The average molecular weight is 599 g/mol. The summed E-state index contributed by atoms with van der Waals surface area (Å²) >= 11 is 0. The maximum Gasteiger partial charge on any atom is 0.328 e. The van der Waals surface area contributed by atoms with Gasteiger partial charge in [0.05, 0.1) is 19.3 Å². The Morgan fingerprint density at radius 2 is 1.51 bits per heavy atom. The van der Waals surface area contributed by atoms with Crippen molar-refractivity contribution >= 4 is 39.8 Å². The molecule has 0 aliphatic rings. The number of esters is 1. The van der Waals surface area contributed by atoms with Gasteiger partial charge in [0, 0.05) is 28.6 Å². The minimum atomic E-state index is -0.731. The summed E-state index contributed by atoms with van der Waals surface area (Å²) in [5.41, 5.74) is 3.24. The zero-order valence-electron chi connectivity index (χ0n) is 25.0. The highest BCUT2D eigenvalue weighted by molar-refractivity contribution is 6.12. The van der Waals surface area contributed by atoms with E-state index < -0.39 is 12.0 Å². The summed E-state index contributed by atoms with van der Waals surface area (Å²) in [7, 11) is 1.34. The zero-order valence-corrected chi connectivity index (χ0v) is 25.0. The third-order valence-electron chi connectivity index (χ3n) is 7.47. The molecule has 5 rings (SSSR count). The van der Waals surface area contributed by atoms with Crippen LogP contribution < -0.4 is 15.0 Å². The van der Waals surface area contributed by atoms with Gasteiger partial charge in [-0.2, -0.15) is 0 Å². The van der Waals surface area contributed by atoms with Gasteiger partial charge in [0.1, 0.15) is 18.4 Å². The summed E-state index contributed by atoms with van der Waals surface area (Å²) in [5, 5.41) is 5.24. The fraction of sp³-hybridized carbons (Fsp3) is 0.132. The molecular weight excluding hydrogens is 564 g/mol. The molecule has 1 unspecified atom stereocenters. The van der Waals surface area contributed by atoms with Crippen LogP contribution in [0.3, 0.4) is 0 Å². The Balaban J connectivity index is 1.25. The molecule has 0 aromatic heterocycles. The number of hydrogen-bond acceptors (Lipinski definition) is 6. The van der Waals surface area contributed by atoms with Gasteiger partial charge in [0.2, 0.25) is 0 Å². The van der Waals surface area contributed by atoms with Crippen molar-refractivity contribution in [2.45, 2.75) is 12.5 Å². The van der Waals surface area contributed by atoms with Gasteiger partial charge >= 0.3 is 5.97 Å². The van der Waals surface area contributed by atoms with Crippen LogP contribution in [0.2, 0.25) is 0 Å². The number of methoxy groups -OCH3 is 1. The van der Waals surface area contributed by atoms with Crippen molar-refractivity contribution in [3.63, 3.8) is 0 Å². The van der Waals surface area contributed by atoms with Crippen molar-refractivity contribution in [3.05, 3.63) is 151 Å². The molecule has 0 heterocycles. The SMILES string of the molecule is C=CC(=O)N(CCOc1ccc(CC(Nc2ccccc2C(=O)c2ccccc2)C(=O)OC)cc1)c1cccc2ccccc12. The van der Waals surface area contributed by atoms with Crippen LogP contribution in [0.4, 0.5) is 11.4 Å². The first-order chi connectivity index (χ1) is 22.0. The van der Waals surface area contributed by atoms with Gasteiger partial charge in [-0.1, -0.05) is 97.6 Å². The lowest BCUT2D eigenvalue weighted by atomic mass is 10.00. The number of ether oxygens (including phenoxy) is 2. The van der Waals surface area contributed by atoms with Gasteiger partial charge in [0.25, 0.3) is 5.91 Å². The van der Waals surface area contributed by atoms with E-state index in [1.165, 1.54) is 13.2 Å². The van der Waals surface area contributed by atoms with E-state index in [9.17, 15) is 14.4 Å². The molecule has 0 bridgehead atoms. The van der Waals surface area contributed by atoms with E-state index in [1.807, 2.05) is 91.0 Å². The zero-order chi connectivity index (χ0) is 31.6. The van der Waals surface area contributed by atoms with E-state index >= 15 is 0 Å². The van der Waals surface area contributed by atoms with E-state index in [0.717, 1.165) is 22.0 Å². The lowest BCUT2D eigenvalue weighted by Gasteiger charge is -2.23. The van der Waals surface area contributed by atoms with Crippen molar-refractivity contribution in [2.24, 2.45) is 0 Å². The van der Waals surface area contributed by atoms with Crippen LogP contribution in [0.15, 0.2) is 134 Å². The molecule has 0 spiro atoms. The predicted octanol–water partition coefficient (Wildman–Crippen LogP) is 6.87. The summed E-state index contributed by atoms with van der Waals surface area (Å²) < 4.78 is 11.1. The maximum atomic E-state index is 13.2. The average Bonchev–Trinajstić information content (AvgIpc) is 3.10. The fourth-order valence-electron chi connectivity index (χ4n) is 5.19. The van der Waals surface area contributed by atoms with Crippen LogP contribution >= 0.6 is 0 Å². The topological polar surface area (TPSA) is 84.9 Å². The fourth-order valence-corrected chi connectivity index (χ4v) is 5.19. The van der Waals surface area contributed by atoms with Crippen LogP contribution in [0.5, 0.6) is 5.75 Å². The summed E-state index contributed by atoms with van der Waals surface area (Å²) in [4.78, 5) is 40.4. The van der Waals surface area contributed by atoms with Crippen molar-refractivity contribution in [3.8, 4) is 5.75 Å². The van der Waals surface area contributed by atoms with Gasteiger partial charge in [-0.15, -0.1) is 0 Å². The second kappa shape index (κ2) is 14.7. The number of rotatable bonds is 13. The molecule has 0 fully saturated rings. The third kappa shape index (κ3) is 7.46. The molecule has 1 N–H and O–H groups in total. The molecule has 1 amide bonds.